The van der Waals surface area contributed by atoms with Crippen LogP contribution in [0.5, 0.6) is 0 Å². The first-order valence-electron chi connectivity index (χ1n) is 5.45. The van der Waals surface area contributed by atoms with Gasteiger partial charge in [0.25, 0.3) is 0 Å². The van der Waals surface area contributed by atoms with E-state index in [9.17, 15) is 4.79 Å². The molecule has 4 bridgehead atoms. The Morgan fingerprint density at radius 1 is 1.00 bits per heavy atom. The molecule has 4 aliphatic carbocycles. The van der Waals surface area contributed by atoms with Crippen molar-refractivity contribution in [2.45, 2.75) is 44.1 Å². The average Bonchev–Trinajstić information content (AvgIpc) is 2.00. The van der Waals surface area contributed by atoms with Gasteiger partial charge in [-0.05, 0) is 56.3 Å². The average molecular weight is 178 g/mol. The summed E-state index contributed by atoms with van der Waals surface area (Å²) in [6, 6.07) is 0. The van der Waals surface area contributed by atoms with Crippen LogP contribution >= 0.6 is 0 Å². The highest BCUT2D eigenvalue weighted by Crippen LogP contribution is 2.55. The molecule has 0 unspecified atom stereocenters. The second kappa shape index (κ2) is 2.49. The Morgan fingerprint density at radius 3 is 1.85 bits per heavy atom. The predicted octanol–water partition coefficient (Wildman–Crippen LogP) is 1.72. The molecule has 4 saturated carbocycles. The molecule has 4 rings (SSSR count). The van der Waals surface area contributed by atoms with Crippen molar-refractivity contribution in [3.05, 3.63) is 0 Å². The number of nitrogens with zero attached hydrogens (tertiary/aromatic N) is 1. The molecule has 0 aromatic heterocycles. The van der Waals surface area contributed by atoms with E-state index in [2.05, 4.69) is 5.32 Å². The molecule has 2 nitrogen and oxygen atoms in total. The van der Waals surface area contributed by atoms with Gasteiger partial charge in [0.05, 0.1) is 5.54 Å². The van der Waals surface area contributed by atoms with Crippen LogP contribution in [0.3, 0.4) is 0 Å². The van der Waals surface area contributed by atoms with E-state index in [1.54, 1.807) is 0 Å². The second-order valence-electron chi connectivity index (χ2n) is 5.38. The van der Waals surface area contributed by atoms with E-state index < -0.39 is 0 Å². The first-order valence-corrected chi connectivity index (χ1v) is 5.45. The van der Waals surface area contributed by atoms with Gasteiger partial charge in [0.15, 0.2) is 0 Å². The van der Waals surface area contributed by atoms with Crippen molar-refractivity contribution in [2.75, 3.05) is 0 Å². The highest BCUT2D eigenvalue weighted by molar-refractivity contribution is 5.48. The Labute approximate surface area is 79.1 Å². The lowest BCUT2D eigenvalue weighted by molar-refractivity contribution is -0.115. The van der Waals surface area contributed by atoms with Crippen molar-refractivity contribution >= 4 is 6.41 Å². The van der Waals surface area contributed by atoms with Crippen LogP contribution in [0.15, 0.2) is 0 Å². The van der Waals surface area contributed by atoms with Gasteiger partial charge < -0.3 is 0 Å². The van der Waals surface area contributed by atoms with Crippen LogP contribution in [-0.2, 0) is 4.79 Å². The van der Waals surface area contributed by atoms with Crippen LogP contribution in [0.25, 0.3) is 0 Å². The second-order valence-corrected chi connectivity index (χ2v) is 5.38. The summed E-state index contributed by atoms with van der Waals surface area (Å²) in [4.78, 5) is 10.5. The number of rotatable bonds is 2. The monoisotopic (exact) mass is 178 g/mol. The Morgan fingerprint density at radius 2 is 1.46 bits per heavy atom. The summed E-state index contributed by atoms with van der Waals surface area (Å²) in [7, 11) is 0. The molecule has 0 saturated heterocycles. The third-order valence-electron chi connectivity index (χ3n) is 4.33. The van der Waals surface area contributed by atoms with Crippen molar-refractivity contribution in [2.24, 2.45) is 17.8 Å². The van der Waals surface area contributed by atoms with Gasteiger partial charge in [0.2, 0.25) is 6.41 Å². The molecule has 0 heterocycles. The van der Waals surface area contributed by atoms with Crippen LogP contribution in [0, 0.1) is 17.8 Å². The van der Waals surface area contributed by atoms with E-state index in [1.165, 1.54) is 38.5 Å². The topological polar surface area (TPSA) is 31.2 Å². The quantitative estimate of drug-likeness (QED) is 0.592. The number of carbonyl (C=O) groups is 1. The molecule has 1 radical (unpaired) electrons. The maximum absolute atomic E-state index is 10.5. The molecule has 4 aliphatic rings. The zero-order valence-corrected chi connectivity index (χ0v) is 7.91. The Bertz CT molecular complexity index is 201. The lowest BCUT2D eigenvalue weighted by Gasteiger charge is -2.55. The molecular weight excluding hydrogens is 162 g/mol. The van der Waals surface area contributed by atoms with Crippen LogP contribution in [0.4, 0.5) is 0 Å². The Balaban J connectivity index is 1.87. The minimum Gasteiger partial charge on any atom is -0.277 e. The summed E-state index contributed by atoms with van der Waals surface area (Å²) in [5, 5.41) is 4.24. The highest BCUT2D eigenvalue weighted by Gasteiger charge is 2.51. The lowest BCUT2D eigenvalue weighted by atomic mass is 9.53. The SMILES string of the molecule is O=C[N]C12CC3CC(CC(C3)C1)C2. The fraction of sp³-hybridized carbons (Fsp3) is 0.909. The van der Waals surface area contributed by atoms with Crippen molar-refractivity contribution < 1.29 is 4.79 Å². The van der Waals surface area contributed by atoms with E-state index in [1.807, 2.05) is 0 Å². The van der Waals surface area contributed by atoms with Crippen LogP contribution in [-0.4, -0.2) is 11.9 Å². The van der Waals surface area contributed by atoms with Gasteiger partial charge in [0, 0.05) is 0 Å². The van der Waals surface area contributed by atoms with Crippen molar-refractivity contribution in [1.82, 2.24) is 5.32 Å². The molecular formula is C11H16NO. The van der Waals surface area contributed by atoms with Gasteiger partial charge >= 0.3 is 0 Å². The maximum atomic E-state index is 10.5. The largest absolute Gasteiger partial charge is 0.277 e. The highest BCUT2D eigenvalue weighted by atomic mass is 16.1. The molecule has 4 fully saturated rings. The molecule has 1 amide bonds. The molecule has 0 aromatic rings. The zero-order chi connectivity index (χ0) is 8.89. The van der Waals surface area contributed by atoms with E-state index in [4.69, 9.17) is 0 Å². The maximum Gasteiger partial charge on any atom is 0.228 e. The standard InChI is InChI=1S/C11H16NO/c13-7-12-11-4-8-1-9(5-11)3-10(2-8)6-11/h7-10H,1-6H2. The van der Waals surface area contributed by atoms with Gasteiger partial charge in [0.1, 0.15) is 0 Å². The number of hydrogen-bond acceptors (Lipinski definition) is 1. The fourth-order valence-corrected chi connectivity index (χ4v) is 4.33. The van der Waals surface area contributed by atoms with Gasteiger partial charge in [-0.15, -0.1) is 0 Å². The predicted molar refractivity (Wildman–Crippen MR) is 49.1 cm³/mol. The normalized spacial score (nSPS) is 52.2. The third-order valence-corrected chi connectivity index (χ3v) is 4.33. The zero-order valence-electron chi connectivity index (χ0n) is 7.91. The molecule has 0 N–H and O–H groups in total. The molecule has 71 valence electrons. The number of amides is 1. The van der Waals surface area contributed by atoms with Gasteiger partial charge in [-0.3, -0.25) is 4.79 Å². The van der Waals surface area contributed by atoms with Gasteiger partial charge in [-0.2, -0.15) is 0 Å². The lowest BCUT2D eigenvalue weighted by Crippen LogP contribution is -2.55. The molecule has 0 atom stereocenters. The summed E-state index contributed by atoms with van der Waals surface area (Å²) in [6.07, 6.45) is 8.69. The van der Waals surface area contributed by atoms with E-state index in [0.717, 1.165) is 24.2 Å². The minimum atomic E-state index is 0.108. The Hall–Kier alpha value is -0.530. The molecule has 2 heteroatoms. The van der Waals surface area contributed by atoms with E-state index >= 15 is 0 Å². The van der Waals surface area contributed by atoms with Crippen molar-refractivity contribution in [1.29, 1.82) is 0 Å². The fourth-order valence-electron chi connectivity index (χ4n) is 4.33. The minimum absolute atomic E-state index is 0.108. The molecule has 0 aliphatic heterocycles. The first-order chi connectivity index (χ1) is 6.30. The van der Waals surface area contributed by atoms with Gasteiger partial charge in [-0.25, -0.2) is 5.32 Å². The van der Waals surface area contributed by atoms with Crippen LogP contribution in [0.2, 0.25) is 0 Å². The summed E-state index contributed by atoms with van der Waals surface area (Å²) in [6.45, 7) is 0. The van der Waals surface area contributed by atoms with E-state index in [0.29, 0.717) is 0 Å². The molecule has 0 aromatic carbocycles. The number of carbonyl (C=O) groups excluding carboxylic acids is 1. The first kappa shape index (κ1) is 7.84. The molecule has 0 spiro atoms. The number of hydrogen-bond donors (Lipinski definition) is 0. The summed E-state index contributed by atoms with van der Waals surface area (Å²) >= 11 is 0. The smallest absolute Gasteiger partial charge is 0.228 e. The molecule has 13 heavy (non-hydrogen) atoms. The van der Waals surface area contributed by atoms with Gasteiger partial charge in [-0.1, -0.05) is 0 Å². The Kier molecular flexibility index (Phi) is 1.50. The van der Waals surface area contributed by atoms with Crippen LogP contribution in [0.1, 0.15) is 38.5 Å². The third kappa shape index (κ3) is 1.11. The van der Waals surface area contributed by atoms with Crippen LogP contribution < -0.4 is 5.32 Å². The van der Waals surface area contributed by atoms with Crippen molar-refractivity contribution in [3.63, 3.8) is 0 Å². The summed E-state index contributed by atoms with van der Waals surface area (Å²) in [5.74, 6) is 2.69. The van der Waals surface area contributed by atoms with E-state index in [-0.39, 0.29) is 5.54 Å². The summed E-state index contributed by atoms with van der Waals surface area (Å²) in [5.41, 5.74) is 0.108. The summed E-state index contributed by atoms with van der Waals surface area (Å²) < 4.78 is 0. The van der Waals surface area contributed by atoms with Crippen molar-refractivity contribution in [3.8, 4) is 0 Å².